The van der Waals surface area contributed by atoms with Crippen molar-refractivity contribution in [1.82, 2.24) is 9.55 Å². The van der Waals surface area contributed by atoms with Crippen molar-refractivity contribution in [2.75, 3.05) is 4.90 Å². The van der Waals surface area contributed by atoms with Crippen molar-refractivity contribution >= 4 is 60.7 Å². The van der Waals surface area contributed by atoms with Crippen molar-refractivity contribution in [3.63, 3.8) is 0 Å². The normalized spacial score (nSPS) is 11.5. The van der Waals surface area contributed by atoms with Crippen LogP contribution in [0.2, 0.25) is 0 Å². The maximum Gasteiger partial charge on any atom is 0.227 e. The van der Waals surface area contributed by atoms with Crippen LogP contribution in [-0.4, -0.2) is 9.55 Å². The van der Waals surface area contributed by atoms with Crippen molar-refractivity contribution < 1.29 is 4.42 Å². The minimum absolute atomic E-state index is 0.629. The quantitative estimate of drug-likeness (QED) is 0.179. The molecule has 4 heteroatoms. The van der Waals surface area contributed by atoms with E-state index in [1.165, 1.54) is 27.4 Å². The lowest BCUT2D eigenvalue weighted by molar-refractivity contribution is 0.623. The second-order valence-electron chi connectivity index (χ2n) is 12.8. The molecular formula is C47H31N3O. The van der Waals surface area contributed by atoms with Gasteiger partial charge in [-0.25, -0.2) is 4.98 Å². The standard InChI is InChI=1S/C47H31N3O/c1-4-13-32(14-5-1)33-23-26-37(27-24-33)49(38-28-29-39-35(31-38)25-30-41-46(39)51-47(48-41)34-15-6-2-7-16-34)43-21-12-22-44-45(43)40-19-10-11-20-42(40)50(44)36-17-8-3-9-18-36/h1-31H. The van der Waals surface area contributed by atoms with Gasteiger partial charge in [-0.15, -0.1) is 0 Å². The van der Waals surface area contributed by atoms with E-state index >= 15 is 0 Å². The second kappa shape index (κ2) is 11.9. The van der Waals surface area contributed by atoms with Gasteiger partial charge in [0, 0.05) is 38.8 Å². The Kier molecular flexibility index (Phi) is 6.78. The van der Waals surface area contributed by atoms with Gasteiger partial charge in [-0.2, -0.15) is 0 Å². The van der Waals surface area contributed by atoms with E-state index in [0.717, 1.165) is 55.7 Å². The number of rotatable bonds is 6. The Hall–Kier alpha value is -6.91. The van der Waals surface area contributed by atoms with Gasteiger partial charge in [0.1, 0.15) is 5.52 Å². The minimum atomic E-state index is 0.629. The topological polar surface area (TPSA) is 34.2 Å². The summed E-state index contributed by atoms with van der Waals surface area (Å²) in [5.41, 5.74) is 11.7. The summed E-state index contributed by atoms with van der Waals surface area (Å²) in [6.45, 7) is 0. The van der Waals surface area contributed by atoms with Crippen molar-refractivity contribution in [2.45, 2.75) is 0 Å². The Bertz CT molecular complexity index is 2840. The molecule has 0 bridgehead atoms. The largest absolute Gasteiger partial charge is 0.435 e. The third-order valence-electron chi connectivity index (χ3n) is 9.80. The molecule has 0 N–H and O–H groups in total. The number of hydrogen-bond acceptors (Lipinski definition) is 3. The average molecular weight is 654 g/mol. The van der Waals surface area contributed by atoms with Crippen molar-refractivity contribution in [3.05, 3.63) is 188 Å². The molecule has 51 heavy (non-hydrogen) atoms. The van der Waals surface area contributed by atoms with Gasteiger partial charge >= 0.3 is 0 Å². The zero-order valence-electron chi connectivity index (χ0n) is 27.6. The Morgan fingerprint density at radius 3 is 1.90 bits per heavy atom. The molecule has 8 aromatic carbocycles. The first-order chi connectivity index (χ1) is 25.3. The molecule has 0 saturated heterocycles. The Balaban J connectivity index is 1.20. The molecule has 0 spiro atoms. The van der Waals surface area contributed by atoms with Gasteiger partial charge in [0.2, 0.25) is 5.89 Å². The first-order valence-corrected chi connectivity index (χ1v) is 17.2. The van der Waals surface area contributed by atoms with Crippen LogP contribution in [0.1, 0.15) is 0 Å². The zero-order chi connectivity index (χ0) is 33.7. The first-order valence-electron chi connectivity index (χ1n) is 17.2. The summed E-state index contributed by atoms with van der Waals surface area (Å²) >= 11 is 0. The monoisotopic (exact) mass is 653 g/mol. The molecule has 10 rings (SSSR count). The molecule has 10 aromatic rings. The third-order valence-corrected chi connectivity index (χ3v) is 9.80. The van der Waals surface area contributed by atoms with E-state index in [1.54, 1.807) is 0 Å². The van der Waals surface area contributed by atoms with Gasteiger partial charge in [-0.3, -0.25) is 0 Å². The molecule has 0 atom stereocenters. The molecule has 240 valence electrons. The van der Waals surface area contributed by atoms with Crippen LogP contribution in [0, 0.1) is 0 Å². The number of fused-ring (bicyclic) bond motifs is 6. The van der Waals surface area contributed by atoms with Crippen LogP contribution in [0.3, 0.4) is 0 Å². The lowest BCUT2D eigenvalue weighted by Gasteiger charge is -2.27. The Labute approximate surface area is 295 Å². The highest BCUT2D eigenvalue weighted by atomic mass is 16.3. The number of anilines is 3. The summed E-state index contributed by atoms with van der Waals surface area (Å²) in [4.78, 5) is 7.22. The fraction of sp³-hybridized carbons (Fsp3) is 0. The van der Waals surface area contributed by atoms with Crippen LogP contribution in [0.4, 0.5) is 17.1 Å². The van der Waals surface area contributed by atoms with Gasteiger partial charge in [-0.05, 0) is 95.4 Å². The molecule has 4 nitrogen and oxygen atoms in total. The van der Waals surface area contributed by atoms with Gasteiger partial charge in [0.05, 0.1) is 16.7 Å². The molecule has 0 aliphatic rings. The van der Waals surface area contributed by atoms with Crippen molar-refractivity contribution in [2.24, 2.45) is 0 Å². The van der Waals surface area contributed by atoms with Crippen LogP contribution in [-0.2, 0) is 0 Å². The smallest absolute Gasteiger partial charge is 0.227 e. The van der Waals surface area contributed by atoms with E-state index in [0.29, 0.717) is 5.89 Å². The van der Waals surface area contributed by atoms with Gasteiger partial charge < -0.3 is 13.9 Å². The molecule has 0 unspecified atom stereocenters. The molecular weight excluding hydrogens is 623 g/mol. The number of para-hydroxylation sites is 2. The minimum Gasteiger partial charge on any atom is -0.435 e. The highest BCUT2D eigenvalue weighted by molar-refractivity contribution is 6.17. The lowest BCUT2D eigenvalue weighted by Crippen LogP contribution is -2.10. The van der Waals surface area contributed by atoms with Crippen LogP contribution in [0.15, 0.2) is 192 Å². The fourth-order valence-electron chi connectivity index (χ4n) is 7.45. The predicted octanol–water partition coefficient (Wildman–Crippen LogP) is 12.9. The zero-order valence-corrected chi connectivity index (χ0v) is 27.6. The summed E-state index contributed by atoms with van der Waals surface area (Å²) in [5, 5.41) is 4.52. The molecule has 0 radical (unpaired) electrons. The van der Waals surface area contributed by atoms with Crippen molar-refractivity contribution in [1.29, 1.82) is 0 Å². The van der Waals surface area contributed by atoms with Crippen LogP contribution in [0.5, 0.6) is 0 Å². The van der Waals surface area contributed by atoms with E-state index in [-0.39, 0.29) is 0 Å². The van der Waals surface area contributed by atoms with Crippen LogP contribution in [0.25, 0.3) is 71.9 Å². The fourth-order valence-corrected chi connectivity index (χ4v) is 7.45. The van der Waals surface area contributed by atoms with E-state index in [2.05, 4.69) is 167 Å². The Morgan fingerprint density at radius 2 is 1.12 bits per heavy atom. The molecule has 2 heterocycles. The first kappa shape index (κ1) is 29.0. The van der Waals surface area contributed by atoms with E-state index < -0.39 is 0 Å². The van der Waals surface area contributed by atoms with Crippen molar-refractivity contribution in [3.8, 4) is 28.3 Å². The van der Waals surface area contributed by atoms with Gasteiger partial charge in [0.15, 0.2) is 5.58 Å². The molecule has 0 aliphatic carbocycles. The van der Waals surface area contributed by atoms with E-state index in [1.807, 2.05) is 30.3 Å². The maximum absolute atomic E-state index is 6.42. The van der Waals surface area contributed by atoms with Gasteiger partial charge in [0.25, 0.3) is 0 Å². The Morgan fingerprint density at radius 1 is 0.471 bits per heavy atom. The summed E-state index contributed by atoms with van der Waals surface area (Å²) in [6.07, 6.45) is 0. The summed E-state index contributed by atoms with van der Waals surface area (Å²) in [6, 6.07) is 66.3. The highest BCUT2D eigenvalue weighted by Crippen LogP contribution is 2.45. The summed E-state index contributed by atoms with van der Waals surface area (Å²) in [5.74, 6) is 0.629. The number of nitrogens with zero attached hydrogens (tertiary/aromatic N) is 3. The number of aromatic nitrogens is 2. The summed E-state index contributed by atoms with van der Waals surface area (Å²) < 4.78 is 8.79. The number of benzene rings is 8. The number of hydrogen-bond donors (Lipinski definition) is 0. The molecule has 0 aliphatic heterocycles. The molecule has 0 fully saturated rings. The van der Waals surface area contributed by atoms with Gasteiger partial charge in [-0.1, -0.05) is 109 Å². The maximum atomic E-state index is 6.42. The molecule has 2 aromatic heterocycles. The summed E-state index contributed by atoms with van der Waals surface area (Å²) in [7, 11) is 0. The average Bonchev–Trinajstić information content (AvgIpc) is 3.80. The predicted molar refractivity (Wildman–Crippen MR) is 211 cm³/mol. The third kappa shape index (κ3) is 4.88. The number of oxazole rings is 1. The van der Waals surface area contributed by atoms with E-state index in [4.69, 9.17) is 9.40 Å². The van der Waals surface area contributed by atoms with Crippen LogP contribution < -0.4 is 4.90 Å². The molecule has 0 amide bonds. The lowest BCUT2D eigenvalue weighted by atomic mass is 10.0. The highest BCUT2D eigenvalue weighted by Gasteiger charge is 2.22. The van der Waals surface area contributed by atoms with E-state index in [9.17, 15) is 0 Å². The SMILES string of the molecule is c1ccc(-c2ccc(N(c3ccc4c(ccc5nc(-c6ccccc6)oc54)c3)c3cccc4c3c3ccccc3n4-c3ccccc3)cc2)cc1. The second-order valence-corrected chi connectivity index (χ2v) is 12.8. The molecule has 0 saturated carbocycles. The van der Waals surface area contributed by atoms with Crippen LogP contribution >= 0.6 is 0 Å².